The highest BCUT2D eigenvalue weighted by molar-refractivity contribution is 6.31. The molecular weight excluding hydrogens is 310 g/mol. The highest BCUT2D eigenvalue weighted by Gasteiger charge is 2.20. The van der Waals surface area contributed by atoms with Gasteiger partial charge in [0.2, 0.25) is 0 Å². The molecule has 0 radical (unpaired) electrons. The maximum Gasteiger partial charge on any atom is 0.267 e. The summed E-state index contributed by atoms with van der Waals surface area (Å²) < 4.78 is 0. The zero-order valence-electron chi connectivity index (χ0n) is 13.6. The molecule has 1 atom stereocenters. The van der Waals surface area contributed by atoms with Crippen molar-refractivity contribution in [1.82, 2.24) is 4.90 Å². The van der Waals surface area contributed by atoms with Crippen LogP contribution in [0.2, 0.25) is 5.02 Å². The Morgan fingerprint density at radius 2 is 2.30 bits per heavy atom. The van der Waals surface area contributed by atoms with Crippen molar-refractivity contribution in [3.05, 3.63) is 40.6 Å². The molecule has 0 saturated carbocycles. The SMILES string of the molecule is CCC1CCCCN1/C=C(/C#N)C(=O)Nc1cccc(Cl)c1C. The number of hydrogen-bond donors (Lipinski definition) is 1. The maximum absolute atomic E-state index is 12.4. The van der Waals surface area contributed by atoms with Crippen LogP contribution in [0.25, 0.3) is 0 Å². The van der Waals surface area contributed by atoms with Crippen LogP contribution in [0.3, 0.4) is 0 Å². The van der Waals surface area contributed by atoms with E-state index in [1.807, 2.05) is 13.0 Å². The molecule has 23 heavy (non-hydrogen) atoms. The van der Waals surface area contributed by atoms with Gasteiger partial charge in [-0.15, -0.1) is 0 Å². The molecule has 1 fully saturated rings. The fraction of sp³-hybridized carbons (Fsp3) is 0.444. The molecule has 1 heterocycles. The number of amides is 1. The lowest BCUT2D eigenvalue weighted by atomic mass is 10.0. The van der Waals surface area contributed by atoms with E-state index in [0.717, 1.165) is 31.4 Å². The van der Waals surface area contributed by atoms with Gasteiger partial charge in [0.05, 0.1) is 0 Å². The average Bonchev–Trinajstić information content (AvgIpc) is 2.57. The minimum absolute atomic E-state index is 0.129. The number of nitriles is 1. The molecule has 1 aromatic rings. The van der Waals surface area contributed by atoms with Crippen molar-refractivity contribution in [2.24, 2.45) is 0 Å². The molecule has 0 spiro atoms. The number of carbonyl (C=O) groups is 1. The van der Waals surface area contributed by atoms with E-state index in [4.69, 9.17) is 11.6 Å². The molecule has 1 saturated heterocycles. The van der Waals surface area contributed by atoms with Gasteiger partial charge in [-0.25, -0.2) is 0 Å². The number of nitrogens with zero attached hydrogens (tertiary/aromatic N) is 2. The van der Waals surface area contributed by atoms with Crippen LogP contribution < -0.4 is 5.32 Å². The lowest BCUT2D eigenvalue weighted by Gasteiger charge is -2.34. The third kappa shape index (κ3) is 4.27. The summed E-state index contributed by atoms with van der Waals surface area (Å²) in [6.45, 7) is 4.87. The smallest absolute Gasteiger partial charge is 0.267 e. The Labute approximate surface area is 142 Å². The van der Waals surface area contributed by atoms with Crippen LogP contribution in [0, 0.1) is 18.3 Å². The topological polar surface area (TPSA) is 56.1 Å². The first-order valence-corrected chi connectivity index (χ1v) is 8.38. The lowest BCUT2D eigenvalue weighted by molar-refractivity contribution is -0.112. The van der Waals surface area contributed by atoms with Crippen LogP contribution in [0.15, 0.2) is 30.0 Å². The van der Waals surface area contributed by atoms with E-state index in [0.29, 0.717) is 16.8 Å². The van der Waals surface area contributed by atoms with Crippen LogP contribution in [0.1, 0.15) is 38.2 Å². The second-order valence-electron chi connectivity index (χ2n) is 5.82. The molecule has 1 unspecified atom stereocenters. The molecule has 5 heteroatoms. The summed E-state index contributed by atoms with van der Waals surface area (Å²) in [5, 5.41) is 12.7. The van der Waals surface area contributed by atoms with E-state index >= 15 is 0 Å². The van der Waals surface area contributed by atoms with Crippen molar-refractivity contribution in [3.8, 4) is 6.07 Å². The molecule has 1 N–H and O–H groups in total. The third-order valence-electron chi connectivity index (χ3n) is 4.32. The third-order valence-corrected chi connectivity index (χ3v) is 4.73. The van der Waals surface area contributed by atoms with Crippen molar-refractivity contribution >= 4 is 23.2 Å². The summed E-state index contributed by atoms with van der Waals surface area (Å²) >= 11 is 6.07. The van der Waals surface area contributed by atoms with Crippen LogP contribution in [0.4, 0.5) is 5.69 Å². The number of benzene rings is 1. The predicted molar refractivity (Wildman–Crippen MR) is 93.2 cm³/mol. The van der Waals surface area contributed by atoms with E-state index in [9.17, 15) is 10.1 Å². The van der Waals surface area contributed by atoms with Gasteiger partial charge in [-0.05, 0) is 50.3 Å². The van der Waals surface area contributed by atoms with Crippen molar-refractivity contribution in [3.63, 3.8) is 0 Å². The van der Waals surface area contributed by atoms with Gasteiger partial charge >= 0.3 is 0 Å². The Morgan fingerprint density at radius 3 is 3.00 bits per heavy atom. The zero-order valence-corrected chi connectivity index (χ0v) is 14.4. The van der Waals surface area contributed by atoms with Gasteiger partial charge in [-0.2, -0.15) is 5.26 Å². The maximum atomic E-state index is 12.4. The van der Waals surface area contributed by atoms with Crippen molar-refractivity contribution in [2.75, 3.05) is 11.9 Å². The quantitative estimate of drug-likeness (QED) is 0.662. The van der Waals surface area contributed by atoms with Gasteiger partial charge in [-0.3, -0.25) is 4.79 Å². The highest BCUT2D eigenvalue weighted by Crippen LogP contribution is 2.24. The number of likely N-dealkylation sites (tertiary alicyclic amines) is 1. The summed E-state index contributed by atoms with van der Waals surface area (Å²) in [4.78, 5) is 14.5. The largest absolute Gasteiger partial charge is 0.373 e. The second-order valence-corrected chi connectivity index (χ2v) is 6.22. The minimum atomic E-state index is -0.390. The van der Waals surface area contributed by atoms with Crippen molar-refractivity contribution in [1.29, 1.82) is 5.26 Å². The van der Waals surface area contributed by atoms with E-state index in [2.05, 4.69) is 17.1 Å². The normalized spacial score (nSPS) is 18.4. The Hall–Kier alpha value is -1.99. The average molecular weight is 332 g/mol. The van der Waals surface area contributed by atoms with Gasteiger partial charge in [0, 0.05) is 29.5 Å². The molecule has 4 nitrogen and oxygen atoms in total. The van der Waals surface area contributed by atoms with Crippen molar-refractivity contribution < 1.29 is 4.79 Å². The molecule has 1 aliphatic heterocycles. The first kappa shape index (κ1) is 17.4. The number of carbonyl (C=O) groups excluding carboxylic acids is 1. The summed E-state index contributed by atoms with van der Waals surface area (Å²) in [5.41, 5.74) is 1.56. The molecule has 0 aliphatic carbocycles. The van der Waals surface area contributed by atoms with Crippen LogP contribution in [-0.2, 0) is 4.79 Å². The van der Waals surface area contributed by atoms with Crippen LogP contribution in [0.5, 0.6) is 0 Å². The first-order chi connectivity index (χ1) is 11.1. The molecular formula is C18H22ClN3O. The van der Waals surface area contributed by atoms with Gasteiger partial charge in [0.15, 0.2) is 0 Å². The number of halogens is 1. The van der Waals surface area contributed by atoms with E-state index in [-0.39, 0.29) is 5.57 Å². The van der Waals surface area contributed by atoms with Gasteiger partial charge in [0.1, 0.15) is 11.6 Å². The number of rotatable bonds is 4. The minimum Gasteiger partial charge on any atom is -0.373 e. The highest BCUT2D eigenvalue weighted by atomic mass is 35.5. The summed E-state index contributed by atoms with van der Waals surface area (Å²) in [6.07, 6.45) is 6.15. The summed E-state index contributed by atoms with van der Waals surface area (Å²) in [5.74, 6) is -0.390. The number of anilines is 1. The summed E-state index contributed by atoms with van der Waals surface area (Å²) in [6, 6.07) is 7.76. The van der Waals surface area contributed by atoms with Crippen LogP contribution >= 0.6 is 11.6 Å². The molecule has 0 bridgehead atoms. The molecule has 122 valence electrons. The number of hydrogen-bond acceptors (Lipinski definition) is 3. The predicted octanol–water partition coefficient (Wildman–Crippen LogP) is 4.26. The van der Waals surface area contributed by atoms with Gasteiger partial charge in [0.25, 0.3) is 5.91 Å². The molecule has 1 aliphatic rings. The second kappa shape index (κ2) is 8.03. The Kier molecular flexibility index (Phi) is 6.06. The van der Waals surface area contributed by atoms with E-state index < -0.39 is 5.91 Å². The Bertz CT molecular complexity index is 648. The fourth-order valence-corrected chi connectivity index (χ4v) is 3.04. The van der Waals surface area contributed by atoms with Crippen molar-refractivity contribution in [2.45, 2.75) is 45.6 Å². The molecule has 1 amide bonds. The lowest BCUT2D eigenvalue weighted by Crippen LogP contribution is -2.35. The standard InChI is InChI=1S/C18H22ClN3O/c1-3-15-7-4-5-10-22(15)12-14(11-20)18(23)21-17-9-6-8-16(19)13(17)2/h6,8-9,12,15H,3-5,7,10H2,1-2H3,(H,21,23)/b14-12-. The van der Waals surface area contributed by atoms with Gasteiger partial charge < -0.3 is 10.2 Å². The first-order valence-electron chi connectivity index (χ1n) is 8.01. The zero-order chi connectivity index (χ0) is 16.8. The summed E-state index contributed by atoms with van der Waals surface area (Å²) in [7, 11) is 0. The monoisotopic (exact) mass is 331 g/mol. The molecule has 1 aromatic carbocycles. The Morgan fingerprint density at radius 1 is 1.52 bits per heavy atom. The molecule has 0 aromatic heterocycles. The van der Waals surface area contributed by atoms with Crippen LogP contribution in [-0.4, -0.2) is 23.4 Å². The van der Waals surface area contributed by atoms with E-state index in [1.54, 1.807) is 24.4 Å². The van der Waals surface area contributed by atoms with E-state index in [1.165, 1.54) is 6.42 Å². The van der Waals surface area contributed by atoms with Gasteiger partial charge in [-0.1, -0.05) is 24.6 Å². The molecule has 2 rings (SSSR count). The number of piperidine rings is 1. The Balaban J connectivity index is 2.16. The fourth-order valence-electron chi connectivity index (χ4n) is 2.87. The number of nitrogens with one attached hydrogen (secondary N) is 1.